The van der Waals surface area contributed by atoms with Crippen LogP contribution in [0.15, 0.2) is 266 Å². The minimum Gasteiger partial charge on any atom is -0.0622 e. The highest BCUT2D eigenvalue weighted by Gasteiger charge is 2.20. The first-order chi connectivity index (χ1) is 31.2. The monoisotopic (exact) mass is 804 g/mol. The SMILES string of the molecule is C1=C(CC2=CC=C(c3ccc(C(=C(c4ccccc4)c4ccccc4)c4ccccc4)cc3)C2)CC(c2ccc(C(=C(c3ccccc3)c3ccccc3)c3ccccc3)cc2)=C1. The Morgan fingerprint density at radius 1 is 0.238 bits per heavy atom. The molecule has 0 aromatic heterocycles. The van der Waals surface area contributed by atoms with Crippen LogP contribution in [0.5, 0.6) is 0 Å². The highest BCUT2D eigenvalue weighted by atomic mass is 14.2. The van der Waals surface area contributed by atoms with Gasteiger partial charge in [0.05, 0.1) is 0 Å². The standard InChI is InChI=1S/C63H48/c1-7-19-50(20-8-1)60(51-21-9-2-10-22-51)62(54-27-15-5-16-28-54)56-39-35-48(36-40-56)58-33-31-46(44-58)43-47-32-34-59(45-47)49-37-41-57(42-38-49)63(55-29-17-6-18-30-55)61(52-23-11-3-12-24-52)53-25-13-4-14-26-53/h1-42H,43-45H2. The van der Waals surface area contributed by atoms with E-state index in [1.807, 2.05) is 0 Å². The van der Waals surface area contributed by atoms with Gasteiger partial charge in [0.25, 0.3) is 0 Å². The van der Waals surface area contributed by atoms with Crippen LogP contribution in [0, 0.1) is 0 Å². The van der Waals surface area contributed by atoms with Gasteiger partial charge in [0, 0.05) is 0 Å². The molecule has 63 heavy (non-hydrogen) atoms. The molecule has 0 fully saturated rings. The Morgan fingerprint density at radius 3 is 0.698 bits per heavy atom. The van der Waals surface area contributed by atoms with Crippen LogP contribution in [-0.4, -0.2) is 0 Å². The quantitative estimate of drug-likeness (QED) is 0.108. The third kappa shape index (κ3) is 8.71. The Balaban J connectivity index is 0.849. The Hall–Kier alpha value is -7.80. The van der Waals surface area contributed by atoms with E-state index in [0.29, 0.717) is 0 Å². The Labute approximate surface area is 372 Å². The maximum Gasteiger partial charge on any atom is -0.00268 e. The molecule has 0 bridgehead atoms. The molecule has 10 rings (SSSR count). The van der Waals surface area contributed by atoms with E-state index in [1.165, 1.54) is 100 Å². The molecule has 2 aliphatic rings. The van der Waals surface area contributed by atoms with Crippen molar-refractivity contribution in [2.75, 3.05) is 0 Å². The molecule has 8 aromatic carbocycles. The minimum atomic E-state index is 0.973. The van der Waals surface area contributed by atoms with Crippen molar-refractivity contribution in [2.24, 2.45) is 0 Å². The minimum absolute atomic E-state index is 0.973. The van der Waals surface area contributed by atoms with Gasteiger partial charge in [-0.2, -0.15) is 0 Å². The summed E-state index contributed by atoms with van der Waals surface area (Å²) >= 11 is 0. The molecule has 8 aromatic rings. The fraction of sp³-hybridized carbons (Fsp3) is 0.0476. The van der Waals surface area contributed by atoms with Crippen molar-refractivity contribution in [2.45, 2.75) is 19.3 Å². The molecule has 0 amide bonds. The van der Waals surface area contributed by atoms with E-state index in [4.69, 9.17) is 0 Å². The predicted molar refractivity (Wildman–Crippen MR) is 268 cm³/mol. The van der Waals surface area contributed by atoms with E-state index in [0.717, 1.165) is 19.3 Å². The molecule has 0 heteroatoms. The third-order valence-electron chi connectivity index (χ3n) is 12.3. The van der Waals surface area contributed by atoms with Crippen molar-refractivity contribution in [1.29, 1.82) is 0 Å². The van der Waals surface area contributed by atoms with E-state index in [1.54, 1.807) is 0 Å². The van der Waals surface area contributed by atoms with Crippen molar-refractivity contribution in [3.63, 3.8) is 0 Å². The number of allylic oxidation sites excluding steroid dienone is 8. The predicted octanol–water partition coefficient (Wildman–Crippen LogP) is 16.2. The van der Waals surface area contributed by atoms with Crippen molar-refractivity contribution < 1.29 is 0 Å². The van der Waals surface area contributed by atoms with Crippen molar-refractivity contribution in [3.05, 3.63) is 322 Å². The van der Waals surface area contributed by atoms with E-state index >= 15 is 0 Å². The normalized spacial score (nSPS) is 13.1. The summed E-state index contributed by atoms with van der Waals surface area (Å²) in [5.41, 5.74) is 22.9. The summed E-state index contributed by atoms with van der Waals surface area (Å²) in [7, 11) is 0. The Morgan fingerprint density at radius 2 is 0.460 bits per heavy atom. The number of hydrogen-bond donors (Lipinski definition) is 0. The van der Waals surface area contributed by atoms with Crippen LogP contribution in [-0.2, 0) is 0 Å². The van der Waals surface area contributed by atoms with E-state index in [-0.39, 0.29) is 0 Å². The first-order valence-electron chi connectivity index (χ1n) is 22.0. The zero-order chi connectivity index (χ0) is 42.2. The lowest BCUT2D eigenvalue weighted by molar-refractivity contribution is 1.04. The van der Waals surface area contributed by atoms with Gasteiger partial charge in [0.15, 0.2) is 0 Å². The molecule has 0 nitrogen and oxygen atoms in total. The van der Waals surface area contributed by atoms with E-state index in [9.17, 15) is 0 Å². The van der Waals surface area contributed by atoms with Crippen LogP contribution in [0.25, 0.3) is 33.4 Å². The molecule has 0 N–H and O–H groups in total. The second-order valence-electron chi connectivity index (χ2n) is 16.4. The molecule has 0 saturated carbocycles. The average Bonchev–Trinajstić information content (AvgIpc) is 4.04. The maximum absolute atomic E-state index is 2.35. The maximum atomic E-state index is 2.35. The summed E-state index contributed by atoms with van der Waals surface area (Å²) < 4.78 is 0. The molecule has 0 aliphatic heterocycles. The second-order valence-corrected chi connectivity index (χ2v) is 16.4. The largest absolute Gasteiger partial charge is 0.0622 e. The highest BCUT2D eigenvalue weighted by Crippen LogP contribution is 2.41. The van der Waals surface area contributed by atoms with Crippen LogP contribution < -0.4 is 0 Å². The molecule has 0 spiro atoms. The van der Waals surface area contributed by atoms with Gasteiger partial charge in [-0.15, -0.1) is 0 Å². The smallest absolute Gasteiger partial charge is 0.00268 e. The lowest BCUT2D eigenvalue weighted by Crippen LogP contribution is -1.98. The third-order valence-corrected chi connectivity index (χ3v) is 12.3. The second kappa shape index (κ2) is 18.4. The van der Waals surface area contributed by atoms with Gasteiger partial charge in [-0.3, -0.25) is 0 Å². The molecule has 0 radical (unpaired) electrons. The first kappa shape index (κ1) is 39.3. The van der Waals surface area contributed by atoms with Crippen molar-refractivity contribution in [1.82, 2.24) is 0 Å². The van der Waals surface area contributed by atoms with Crippen LogP contribution in [0.2, 0.25) is 0 Å². The van der Waals surface area contributed by atoms with Gasteiger partial charge in [-0.25, -0.2) is 0 Å². The summed E-state index contributed by atoms with van der Waals surface area (Å²) in [6.45, 7) is 0. The van der Waals surface area contributed by atoms with Gasteiger partial charge in [0.1, 0.15) is 0 Å². The molecule has 2 aliphatic carbocycles. The van der Waals surface area contributed by atoms with Gasteiger partial charge in [-0.1, -0.05) is 266 Å². The van der Waals surface area contributed by atoms with E-state index < -0.39 is 0 Å². The zero-order valence-corrected chi connectivity index (χ0v) is 35.4. The van der Waals surface area contributed by atoms with Crippen LogP contribution >= 0.6 is 0 Å². The fourth-order valence-corrected chi connectivity index (χ4v) is 9.25. The molecular formula is C63H48. The lowest BCUT2D eigenvalue weighted by atomic mass is 9.85. The summed E-state index contributed by atoms with van der Waals surface area (Å²) in [6, 6.07) is 83.3. The Kier molecular flexibility index (Phi) is 11.5. The molecule has 0 unspecified atom stereocenters. The van der Waals surface area contributed by atoms with E-state index in [2.05, 4.69) is 255 Å². The molecule has 0 saturated heterocycles. The van der Waals surface area contributed by atoms with Crippen LogP contribution in [0.1, 0.15) is 74.9 Å². The van der Waals surface area contributed by atoms with Gasteiger partial charge < -0.3 is 0 Å². The molecule has 0 heterocycles. The molecule has 300 valence electrons. The summed E-state index contributed by atoms with van der Waals surface area (Å²) in [5, 5.41) is 0. The van der Waals surface area contributed by atoms with Gasteiger partial charge in [-0.05, 0) is 108 Å². The molecule has 0 atom stereocenters. The van der Waals surface area contributed by atoms with Crippen molar-refractivity contribution >= 4 is 33.4 Å². The van der Waals surface area contributed by atoms with Crippen LogP contribution in [0.4, 0.5) is 0 Å². The topological polar surface area (TPSA) is 0 Å². The number of benzene rings is 8. The Bertz CT molecular complexity index is 2720. The lowest BCUT2D eigenvalue weighted by Gasteiger charge is -2.18. The number of rotatable bonds is 12. The van der Waals surface area contributed by atoms with Gasteiger partial charge in [0.2, 0.25) is 0 Å². The zero-order valence-electron chi connectivity index (χ0n) is 35.4. The van der Waals surface area contributed by atoms with Crippen LogP contribution in [0.3, 0.4) is 0 Å². The van der Waals surface area contributed by atoms with Gasteiger partial charge >= 0.3 is 0 Å². The first-order valence-corrected chi connectivity index (χ1v) is 22.0. The summed E-state index contributed by atoms with van der Waals surface area (Å²) in [4.78, 5) is 0. The fourth-order valence-electron chi connectivity index (χ4n) is 9.25. The van der Waals surface area contributed by atoms with Crippen molar-refractivity contribution in [3.8, 4) is 0 Å². The number of hydrogen-bond acceptors (Lipinski definition) is 0. The summed E-state index contributed by atoms with van der Waals surface area (Å²) in [6.07, 6.45) is 12.3. The average molecular weight is 805 g/mol. The highest BCUT2D eigenvalue weighted by molar-refractivity contribution is 6.05. The summed E-state index contributed by atoms with van der Waals surface area (Å²) in [5.74, 6) is 0. The molecular weight excluding hydrogens is 757 g/mol.